The fourth-order valence-electron chi connectivity index (χ4n) is 2.49. The molecule has 0 bridgehead atoms. The Kier molecular flexibility index (Phi) is 3.54. The van der Waals surface area contributed by atoms with Crippen molar-refractivity contribution < 1.29 is 14.2 Å². The Morgan fingerprint density at radius 2 is 2.33 bits per heavy atom. The Morgan fingerprint density at radius 1 is 1.61 bits per heavy atom. The van der Waals surface area contributed by atoms with Crippen LogP contribution in [0.2, 0.25) is 0 Å². The van der Waals surface area contributed by atoms with Crippen LogP contribution in [0.15, 0.2) is 12.3 Å². The average Bonchev–Trinajstić information content (AvgIpc) is 2.25. The summed E-state index contributed by atoms with van der Waals surface area (Å²) in [6.07, 6.45) is 1.26. The van der Waals surface area contributed by atoms with E-state index in [-0.39, 0.29) is 18.3 Å². The maximum atomic E-state index is 13.1. The van der Waals surface area contributed by atoms with Crippen LogP contribution in [0, 0.1) is 5.82 Å². The number of aliphatic hydroxyl groups is 1. The van der Waals surface area contributed by atoms with E-state index in [9.17, 15) is 9.50 Å². The molecule has 1 N–H and O–H groups in total. The SMILES string of the molecule is CC1CN(c2ncc(F)cc2CO)CC(C)(C)O1. The highest BCUT2D eigenvalue weighted by molar-refractivity contribution is 5.47. The van der Waals surface area contributed by atoms with E-state index in [0.29, 0.717) is 24.5 Å². The highest BCUT2D eigenvalue weighted by atomic mass is 19.1. The molecular weight excluding hydrogens is 235 g/mol. The van der Waals surface area contributed by atoms with Gasteiger partial charge in [0.15, 0.2) is 0 Å². The van der Waals surface area contributed by atoms with E-state index >= 15 is 0 Å². The van der Waals surface area contributed by atoms with Gasteiger partial charge in [-0.3, -0.25) is 0 Å². The first-order valence-electron chi connectivity index (χ1n) is 6.09. The first-order valence-corrected chi connectivity index (χ1v) is 6.09. The van der Waals surface area contributed by atoms with Crippen molar-refractivity contribution in [2.45, 2.75) is 39.1 Å². The second kappa shape index (κ2) is 4.82. The zero-order valence-electron chi connectivity index (χ0n) is 11.0. The summed E-state index contributed by atoms with van der Waals surface area (Å²) in [6.45, 7) is 7.16. The zero-order chi connectivity index (χ0) is 13.3. The highest BCUT2D eigenvalue weighted by Gasteiger charge is 2.32. The van der Waals surface area contributed by atoms with Crippen molar-refractivity contribution in [3.8, 4) is 0 Å². The number of ether oxygens (including phenoxy) is 1. The van der Waals surface area contributed by atoms with Crippen LogP contribution in [0.4, 0.5) is 10.2 Å². The molecule has 0 spiro atoms. The van der Waals surface area contributed by atoms with E-state index < -0.39 is 5.82 Å². The number of halogens is 1. The Bertz CT molecular complexity index is 437. The topological polar surface area (TPSA) is 45.6 Å². The molecule has 1 aliphatic heterocycles. The predicted molar refractivity (Wildman–Crippen MR) is 67.0 cm³/mol. The standard InChI is InChI=1S/C13H19FN2O2/c1-9-6-16(8-13(2,3)18-9)12-10(7-17)4-11(14)5-15-12/h4-5,9,17H,6-8H2,1-3H3. The quantitative estimate of drug-likeness (QED) is 0.873. The number of pyridine rings is 1. The lowest BCUT2D eigenvalue weighted by Gasteiger charge is -2.42. The molecule has 1 aromatic heterocycles. The maximum absolute atomic E-state index is 13.1. The molecule has 1 fully saturated rings. The second-order valence-electron chi connectivity index (χ2n) is 5.36. The molecule has 1 unspecified atom stereocenters. The summed E-state index contributed by atoms with van der Waals surface area (Å²) in [5, 5.41) is 9.30. The second-order valence-corrected chi connectivity index (χ2v) is 5.36. The van der Waals surface area contributed by atoms with E-state index in [2.05, 4.69) is 4.98 Å². The maximum Gasteiger partial charge on any atom is 0.142 e. The van der Waals surface area contributed by atoms with E-state index in [1.54, 1.807) is 0 Å². The third-order valence-corrected chi connectivity index (χ3v) is 2.95. The smallest absolute Gasteiger partial charge is 0.142 e. The minimum Gasteiger partial charge on any atom is -0.392 e. The molecule has 2 rings (SSSR count). The van der Waals surface area contributed by atoms with Gasteiger partial charge in [-0.15, -0.1) is 0 Å². The summed E-state index contributed by atoms with van der Waals surface area (Å²) in [7, 11) is 0. The lowest BCUT2D eigenvalue weighted by molar-refractivity contribution is -0.0752. The van der Waals surface area contributed by atoms with Gasteiger partial charge < -0.3 is 14.7 Å². The van der Waals surface area contributed by atoms with Gasteiger partial charge in [0.25, 0.3) is 0 Å². The summed E-state index contributed by atoms with van der Waals surface area (Å²) in [5.74, 6) is 0.213. The van der Waals surface area contributed by atoms with Crippen LogP contribution < -0.4 is 4.90 Å². The van der Waals surface area contributed by atoms with Gasteiger partial charge in [0, 0.05) is 18.7 Å². The molecule has 0 aromatic carbocycles. The van der Waals surface area contributed by atoms with Crippen LogP contribution in [-0.4, -0.2) is 34.9 Å². The Hall–Kier alpha value is -1.20. The van der Waals surface area contributed by atoms with Gasteiger partial charge in [-0.05, 0) is 26.8 Å². The van der Waals surface area contributed by atoms with Gasteiger partial charge >= 0.3 is 0 Å². The number of aliphatic hydroxyl groups excluding tert-OH is 1. The summed E-state index contributed by atoms with van der Waals surface area (Å²) in [6, 6.07) is 1.33. The summed E-state index contributed by atoms with van der Waals surface area (Å²) in [4.78, 5) is 6.15. The van der Waals surface area contributed by atoms with Gasteiger partial charge in [0.2, 0.25) is 0 Å². The lowest BCUT2D eigenvalue weighted by atomic mass is 10.0. The molecule has 0 aliphatic carbocycles. The molecule has 100 valence electrons. The van der Waals surface area contributed by atoms with Crippen molar-refractivity contribution in [1.82, 2.24) is 4.98 Å². The molecule has 1 saturated heterocycles. The van der Waals surface area contributed by atoms with E-state index in [1.165, 1.54) is 12.3 Å². The summed E-state index contributed by atoms with van der Waals surface area (Å²) >= 11 is 0. The Labute approximate surface area is 106 Å². The number of rotatable bonds is 2. The van der Waals surface area contributed by atoms with Crippen molar-refractivity contribution in [1.29, 1.82) is 0 Å². The predicted octanol–water partition coefficient (Wildman–Crippen LogP) is 1.72. The van der Waals surface area contributed by atoms with Crippen LogP contribution in [0.5, 0.6) is 0 Å². The average molecular weight is 254 g/mol. The number of aromatic nitrogens is 1. The molecule has 0 amide bonds. The molecule has 0 radical (unpaired) electrons. The van der Waals surface area contributed by atoms with Gasteiger partial charge in [-0.1, -0.05) is 0 Å². The van der Waals surface area contributed by atoms with Crippen molar-refractivity contribution >= 4 is 5.82 Å². The van der Waals surface area contributed by atoms with E-state index in [1.807, 2.05) is 25.7 Å². The van der Waals surface area contributed by atoms with Crippen molar-refractivity contribution in [3.05, 3.63) is 23.6 Å². The molecule has 2 heterocycles. The van der Waals surface area contributed by atoms with E-state index in [0.717, 1.165) is 0 Å². The number of anilines is 1. The van der Waals surface area contributed by atoms with Gasteiger partial charge in [-0.2, -0.15) is 0 Å². The molecule has 4 nitrogen and oxygen atoms in total. The molecule has 5 heteroatoms. The Balaban J connectivity index is 2.30. The number of hydrogen-bond donors (Lipinski definition) is 1. The van der Waals surface area contributed by atoms with Gasteiger partial charge in [0.05, 0.1) is 24.5 Å². The largest absolute Gasteiger partial charge is 0.392 e. The number of nitrogens with zero attached hydrogens (tertiary/aromatic N) is 2. The molecule has 1 atom stereocenters. The zero-order valence-corrected chi connectivity index (χ0v) is 11.0. The first-order chi connectivity index (χ1) is 8.41. The highest BCUT2D eigenvalue weighted by Crippen LogP contribution is 2.27. The van der Waals surface area contributed by atoms with E-state index in [4.69, 9.17) is 4.74 Å². The number of hydrogen-bond acceptors (Lipinski definition) is 4. The molecule has 0 saturated carbocycles. The minimum absolute atomic E-state index is 0.0761. The minimum atomic E-state index is -0.427. The van der Waals surface area contributed by atoms with Crippen molar-refractivity contribution in [3.63, 3.8) is 0 Å². The van der Waals surface area contributed by atoms with Gasteiger partial charge in [0.1, 0.15) is 11.6 Å². The Morgan fingerprint density at radius 3 is 2.94 bits per heavy atom. The lowest BCUT2D eigenvalue weighted by Crippen LogP contribution is -2.52. The normalized spacial score (nSPS) is 23.2. The van der Waals surface area contributed by atoms with Crippen molar-refractivity contribution in [2.24, 2.45) is 0 Å². The molecular formula is C13H19FN2O2. The molecule has 18 heavy (non-hydrogen) atoms. The monoisotopic (exact) mass is 254 g/mol. The fourth-order valence-corrected chi connectivity index (χ4v) is 2.49. The van der Waals surface area contributed by atoms with Crippen LogP contribution in [-0.2, 0) is 11.3 Å². The van der Waals surface area contributed by atoms with Crippen LogP contribution in [0.3, 0.4) is 0 Å². The van der Waals surface area contributed by atoms with Crippen LogP contribution in [0.1, 0.15) is 26.3 Å². The molecule has 1 aliphatic rings. The summed E-state index contributed by atoms with van der Waals surface area (Å²) < 4.78 is 18.9. The van der Waals surface area contributed by atoms with Crippen LogP contribution >= 0.6 is 0 Å². The van der Waals surface area contributed by atoms with Crippen molar-refractivity contribution in [2.75, 3.05) is 18.0 Å². The fraction of sp³-hybridized carbons (Fsp3) is 0.615. The number of morpholine rings is 1. The van der Waals surface area contributed by atoms with Gasteiger partial charge in [-0.25, -0.2) is 9.37 Å². The third kappa shape index (κ3) is 2.79. The third-order valence-electron chi connectivity index (χ3n) is 2.95. The molecule has 1 aromatic rings. The summed E-state index contributed by atoms with van der Waals surface area (Å²) in [5.41, 5.74) is 0.236. The van der Waals surface area contributed by atoms with Crippen LogP contribution in [0.25, 0.3) is 0 Å². The first kappa shape index (κ1) is 13.2.